The Hall–Kier alpha value is -1.59. The predicted molar refractivity (Wildman–Crippen MR) is 73.8 cm³/mol. The van der Waals surface area contributed by atoms with Gasteiger partial charge in [0.15, 0.2) is 0 Å². The summed E-state index contributed by atoms with van der Waals surface area (Å²) >= 11 is 5.98. The van der Waals surface area contributed by atoms with E-state index in [4.69, 9.17) is 26.6 Å². The van der Waals surface area contributed by atoms with Crippen molar-refractivity contribution >= 4 is 17.3 Å². The second-order valence-corrected chi connectivity index (χ2v) is 4.82. The number of halogens is 1. The molecule has 0 aliphatic rings. The van der Waals surface area contributed by atoms with Gasteiger partial charge in [0, 0.05) is 7.11 Å². The quantitative estimate of drug-likeness (QED) is 0.871. The molecule has 0 aliphatic carbocycles. The molecule has 5 nitrogen and oxygen atoms in total. The molecule has 0 spiro atoms. The first-order chi connectivity index (χ1) is 9.01. The Morgan fingerprint density at radius 2 is 2.21 bits per heavy atom. The van der Waals surface area contributed by atoms with E-state index < -0.39 is 5.60 Å². The molecule has 1 unspecified atom stereocenters. The van der Waals surface area contributed by atoms with E-state index in [2.05, 4.69) is 10.1 Å². The van der Waals surface area contributed by atoms with Crippen molar-refractivity contribution in [1.82, 2.24) is 10.1 Å². The van der Waals surface area contributed by atoms with E-state index >= 15 is 0 Å². The summed E-state index contributed by atoms with van der Waals surface area (Å²) in [6.07, 6.45) is 0.730. The van der Waals surface area contributed by atoms with Crippen molar-refractivity contribution < 1.29 is 9.26 Å². The number of hydrogen-bond acceptors (Lipinski definition) is 5. The summed E-state index contributed by atoms with van der Waals surface area (Å²) in [4.78, 5) is 4.35. The number of aromatic nitrogens is 2. The van der Waals surface area contributed by atoms with Crippen LogP contribution in [0.4, 0.5) is 5.69 Å². The molecular formula is C13H16ClN3O2. The zero-order chi connectivity index (χ0) is 14.0. The van der Waals surface area contributed by atoms with Gasteiger partial charge in [0.05, 0.1) is 16.3 Å². The van der Waals surface area contributed by atoms with E-state index in [1.807, 2.05) is 13.8 Å². The minimum absolute atomic E-state index is 0.340. The SMILES string of the molecule is CCC(C)(OC)c1noc(-c2cccc(Cl)c2N)n1. The van der Waals surface area contributed by atoms with Crippen LogP contribution < -0.4 is 5.73 Å². The van der Waals surface area contributed by atoms with Crippen molar-refractivity contribution in [1.29, 1.82) is 0 Å². The van der Waals surface area contributed by atoms with E-state index in [1.165, 1.54) is 0 Å². The maximum atomic E-state index is 5.98. The Morgan fingerprint density at radius 3 is 2.84 bits per heavy atom. The minimum Gasteiger partial charge on any atom is -0.397 e. The minimum atomic E-state index is -0.574. The molecule has 0 saturated heterocycles. The molecule has 0 aliphatic heterocycles. The summed E-state index contributed by atoms with van der Waals surface area (Å²) in [5, 5.41) is 4.43. The molecule has 0 amide bonds. The maximum Gasteiger partial charge on any atom is 0.260 e. The fraction of sp³-hybridized carbons (Fsp3) is 0.385. The molecule has 0 fully saturated rings. The van der Waals surface area contributed by atoms with Crippen LogP contribution in [0.25, 0.3) is 11.5 Å². The van der Waals surface area contributed by atoms with Crippen LogP contribution >= 0.6 is 11.6 Å². The highest BCUT2D eigenvalue weighted by Crippen LogP contribution is 2.32. The van der Waals surface area contributed by atoms with Crippen LogP contribution in [0.15, 0.2) is 22.7 Å². The molecule has 19 heavy (non-hydrogen) atoms. The van der Waals surface area contributed by atoms with Crippen LogP contribution in [0, 0.1) is 0 Å². The lowest BCUT2D eigenvalue weighted by atomic mass is 10.0. The lowest BCUT2D eigenvalue weighted by molar-refractivity contribution is -0.0106. The molecule has 0 bridgehead atoms. The number of para-hydroxylation sites is 1. The van der Waals surface area contributed by atoms with Crippen molar-refractivity contribution in [2.75, 3.05) is 12.8 Å². The highest BCUT2D eigenvalue weighted by atomic mass is 35.5. The molecule has 1 aromatic carbocycles. The number of nitrogen functional groups attached to an aromatic ring is 1. The molecule has 2 rings (SSSR count). The van der Waals surface area contributed by atoms with Gasteiger partial charge < -0.3 is 15.0 Å². The maximum absolute atomic E-state index is 5.98. The summed E-state index contributed by atoms with van der Waals surface area (Å²) in [6, 6.07) is 5.28. The molecule has 2 aromatic rings. The number of rotatable bonds is 4. The highest BCUT2D eigenvalue weighted by molar-refractivity contribution is 6.33. The lowest BCUT2D eigenvalue weighted by Crippen LogP contribution is -2.24. The number of nitrogens with zero attached hydrogens (tertiary/aromatic N) is 2. The van der Waals surface area contributed by atoms with Gasteiger partial charge in [-0.05, 0) is 25.5 Å². The summed E-state index contributed by atoms with van der Waals surface area (Å²) < 4.78 is 10.7. The van der Waals surface area contributed by atoms with Gasteiger partial charge in [0.1, 0.15) is 5.60 Å². The number of hydrogen-bond donors (Lipinski definition) is 1. The zero-order valence-corrected chi connectivity index (χ0v) is 11.9. The van der Waals surface area contributed by atoms with E-state index in [1.54, 1.807) is 25.3 Å². The van der Waals surface area contributed by atoms with E-state index in [-0.39, 0.29) is 0 Å². The van der Waals surface area contributed by atoms with Gasteiger partial charge >= 0.3 is 0 Å². The summed E-state index contributed by atoms with van der Waals surface area (Å²) in [5.41, 5.74) is 6.38. The Balaban J connectivity index is 2.44. The lowest BCUT2D eigenvalue weighted by Gasteiger charge is -2.21. The van der Waals surface area contributed by atoms with Gasteiger partial charge in [-0.25, -0.2) is 0 Å². The first-order valence-electron chi connectivity index (χ1n) is 5.95. The molecule has 1 heterocycles. The molecule has 0 radical (unpaired) electrons. The Morgan fingerprint density at radius 1 is 1.47 bits per heavy atom. The van der Waals surface area contributed by atoms with Crippen molar-refractivity contribution in [3.8, 4) is 11.5 Å². The van der Waals surface area contributed by atoms with Gasteiger partial charge in [-0.15, -0.1) is 0 Å². The van der Waals surface area contributed by atoms with Crippen LogP contribution in [-0.2, 0) is 10.3 Å². The second kappa shape index (κ2) is 5.19. The van der Waals surface area contributed by atoms with Crippen molar-refractivity contribution in [3.63, 3.8) is 0 Å². The van der Waals surface area contributed by atoms with Gasteiger partial charge in [-0.2, -0.15) is 4.98 Å². The van der Waals surface area contributed by atoms with Gasteiger partial charge in [-0.3, -0.25) is 0 Å². The summed E-state index contributed by atoms with van der Waals surface area (Å²) in [7, 11) is 1.62. The topological polar surface area (TPSA) is 74.2 Å². The van der Waals surface area contributed by atoms with Crippen LogP contribution in [0.1, 0.15) is 26.1 Å². The van der Waals surface area contributed by atoms with Crippen LogP contribution in [0.2, 0.25) is 5.02 Å². The standard InChI is InChI=1S/C13H16ClN3O2/c1-4-13(2,18-3)12-16-11(19-17-12)8-6-5-7-9(14)10(8)15/h5-7H,4,15H2,1-3H3. The van der Waals surface area contributed by atoms with Crippen molar-refractivity contribution in [2.45, 2.75) is 25.9 Å². The Kier molecular flexibility index (Phi) is 3.78. The fourth-order valence-electron chi connectivity index (χ4n) is 1.66. The third-order valence-electron chi connectivity index (χ3n) is 3.31. The molecule has 1 atom stereocenters. The van der Waals surface area contributed by atoms with E-state index in [0.717, 1.165) is 6.42 Å². The number of ether oxygens (including phenoxy) is 1. The van der Waals surface area contributed by atoms with Gasteiger partial charge in [-0.1, -0.05) is 29.7 Å². The molecular weight excluding hydrogens is 266 g/mol. The average molecular weight is 282 g/mol. The molecule has 0 saturated carbocycles. The Bertz CT molecular complexity index is 579. The smallest absolute Gasteiger partial charge is 0.260 e. The van der Waals surface area contributed by atoms with Crippen LogP contribution in [-0.4, -0.2) is 17.3 Å². The second-order valence-electron chi connectivity index (χ2n) is 4.41. The first kappa shape index (κ1) is 13.8. The van der Waals surface area contributed by atoms with Crippen LogP contribution in [0.5, 0.6) is 0 Å². The monoisotopic (exact) mass is 281 g/mol. The first-order valence-corrected chi connectivity index (χ1v) is 6.33. The summed E-state index contributed by atoms with van der Waals surface area (Å²) in [6.45, 7) is 3.90. The number of anilines is 1. The number of nitrogens with two attached hydrogens (primary N) is 1. The normalized spacial score (nSPS) is 14.3. The van der Waals surface area contributed by atoms with Crippen molar-refractivity contribution in [3.05, 3.63) is 29.0 Å². The molecule has 1 aromatic heterocycles. The third kappa shape index (κ3) is 2.43. The van der Waals surface area contributed by atoms with Crippen LogP contribution in [0.3, 0.4) is 0 Å². The average Bonchev–Trinajstić information content (AvgIpc) is 2.91. The predicted octanol–water partition coefficient (Wildman–Crippen LogP) is 3.24. The van der Waals surface area contributed by atoms with Gasteiger partial charge in [0.2, 0.25) is 5.82 Å². The highest BCUT2D eigenvalue weighted by Gasteiger charge is 2.30. The van der Waals surface area contributed by atoms with Crippen molar-refractivity contribution in [2.24, 2.45) is 0 Å². The van der Waals surface area contributed by atoms with E-state index in [0.29, 0.717) is 28.0 Å². The number of methoxy groups -OCH3 is 1. The molecule has 6 heteroatoms. The summed E-state index contributed by atoms with van der Waals surface area (Å²) in [5.74, 6) is 0.832. The Labute approximate surface area is 116 Å². The largest absolute Gasteiger partial charge is 0.397 e. The van der Waals surface area contributed by atoms with Gasteiger partial charge in [0.25, 0.3) is 5.89 Å². The molecule has 102 valence electrons. The number of benzene rings is 1. The molecule has 2 N–H and O–H groups in total. The fourth-order valence-corrected chi connectivity index (χ4v) is 1.84. The zero-order valence-electron chi connectivity index (χ0n) is 11.1. The third-order valence-corrected chi connectivity index (χ3v) is 3.64. The van der Waals surface area contributed by atoms with E-state index in [9.17, 15) is 0 Å².